The Morgan fingerprint density at radius 3 is 2.39 bits per heavy atom. The molecule has 2 rings (SSSR count). The molecule has 0 aliphatic rings. The van der Waals surface area contributed by atoms with E-state index in [1.54, 1.807) is 24.3 Å². The van der Waals surface area contributed by atoms with Gasteiger partial charge < -0.3 is 10.5 Å². The van der Waals surface area contributed by atoms with Gasteiger partial charge in [0, 0.05) is 28.4 Å². The third kappa shape index (κ3) is 3.35. The molecule has 0 unspecified atom stereocenters. The maximum absolute atomic E-state index is 5.90. The number of ether oxygens (including phenoxy) is 1. The smallest absolute Gasteiger partial charge is 0.219 e. The molecule has 2 N–H and O–H groups in total. The number of hydrogen-bond donors (Lipinski definition) is 1. The van der Waals surface area contributed by atoms with Crippen LogP contribution in [0.2, 0.25) is 10.0 Å². The van der Waals surface area contributed by atoms with E-state index in [9.17, 15) is 0 Å². The molecule has 5 heteroatoms. The Hall–Kier alpha value is -1.29. The fraction of sp³-hybridized carbons (Fsp3) is 0.154. The van der Waals surface area contributed by atoms with Crippen molar-refractivity contribution in [1.29, 1.82) is 0 Å². The van der Waals surface area contributed by atoms with Crippen LogP contribution >= 0.6 is 23.2 Å². The number of aromatic nitrogens is 1. The molecule has 2 aromatic rings. The van der Waals surface area contributed by atoms with Crippen LogP contribution in [-0.4, -0.2) is 4.98 Å². The highest BCUT2D eigenvalue weighted by atomic mass is 35.5. The van der Waals surface area contributed by atoms with Gasteiger partial charge in [-0.05, 0) is 36.8 Å². The lowest BCUT2D eigenvalue weighted by Crippen LogP contribution is -1.99. The molecule has 0 bridgehead atoms. The topological polar surface area (TPSA) is 48.1 Å². The third-order valence-electron chi connectivity index (χ3n) is 2.28. The van der Waals surface area contributed by atoms with Gasteiger partial charge in [-0.2, -0.15) is 0 Å². The van der Waals surface area contributed by atoms with E-state index in [4.69, 9.17) is 33.7 Å². The summed E-state index contributed by atoms with van der Waals surface area (Å²) in [5.74, 6) is 1.03. The summed E-state index contributed by atoms with van der Waals surface area (Å²) in [7, 11) is 0. The van der Waals surface area contributed by atoms with E-state index < -0.39 is 0 Å². The van der Waals surface area contributed by atoms with Gasteiger partial charge in [0.2, 0.25) is 5.88 Å². The first-order chi connectivity index (χ1) is 8.56. The van der Waals surface area contributed by atoms with Crippen LogP contribution in [0.1, 0.15) is 11.3 Å². The van der Waals surface area contributed by atoms with Crippen LogP contribution in [0.25, 0.3) is 0 Å². The van der Waals surface area contributed by atoms with Crippen molar-refractivity contribution in [3.8, 4) is 11.6 Å². The van der Waals surface area contributed by atoms with Crippen LogP contribution in [0, 0.1) is 6.92 Å². The van der Waals surface area contributed by atoms with Gasteiger partial charge in [0.05, 0.1) is 0 Å². The molecule has 3 nitrogen and oxygen atoms in total. The number of halogens is 2. The molecule has 0 atom stereocenters. The summed E-state index contributed by atoms with van der Waals surface area (Å²) in [4.78, 5) is 4.27. The molecule has 94 valence electrons. The Labute approximate surface area is 115 Å². The van der Waals surface area contributed by atoms with Crippen molar-refractivity contribution in [2.24, 2.45) is 5.73 Å². The molecular formula is C13H12Cl2N2O. The summed E-state index contributed by atoms with van der Waals surface area (Å²) < 4.78 is 5.63. The van der Waals surface area contributed by atoms with Gasteiger partial charge in [-0.25, -0.2) is 4.98 Å². The highest BCUT2D eigenvalue weighted by Gasteiger charge is 2.04. The second-order valence-corrected chi connectivity index (χ2v) is 4.74. The van der Waals surface area contributed by atoms with Crippen LogP contribution in [-0.2, 0) is 6.54 Å². The van der Waals surface area contributed by atoms with Crippen molar-refractivity contribution in [3.63, 3.8) is 0 Å². The summed E-state index contributed by atoms with van der Waals surface area (Å²) in [5, 5.41) is 1.04. The SMILES string of the molecule is Cc1cc(CN)cc(Oc2cc(Cl)cc(Cl)c2)n1. The second kappa shape index (κ2) is 5.57. The summed E-state index contributed by atoms with van der Waals surface area (Å²) in [6.07, 6.45) is 0. The zero-order valence-corrected chi connectivity index (χ0v) is 11.3. The molecule has 1 aromatic heterocycles. The van der Waals surface area contributed by atoms with Gasteiger partial charge in [-0.3, -0.25) is 0 Å². The van der Waals surface area contributed by atoms with E-state index in [1.807, 2.05) is 13.0 Å². The molecule has 0 aliphatic heterocycles. The summed E-state index contributed by atoms with van der Waals surface area (Å²) in [6, 6.07) is 8.71. The first-order valence-corrected chi connectivity index (χ1v) is 6.14. The van der Waals surface area contributed by atoms with Crippen LogP contribution in [0.3, 0.4) is 0 Å². The van der Waals surface area contributed by atoms with E-state index in [2.05, 4.69) is 4.98 Å². The van der Waals surface area contributed by atoms with Crippen molar-refractivity contribution in [3.05, 3.63) is 51.6 Å². The Morgan fingerprint density at radius 2 is 1.78 bits per heavy atom. The molecular weight excluding hydrogens is 271 g/mol. The van der Waals surface area contributed by atoms with Crippen molar-refractivity contribution in [1.82, 2.24) is 4.98 Å². The average molecular weight is 283 g/mol. The highest BCUT2D eigenvalue weighted by molar-refractivity contribution is 6.34. The molecule has 1 aromatic carbocycles. The standard InChI is InChI=1S/C13H12Cl2N2O/c1-8-2-9(7-16)3-13(17-8)18-12-5-10(14)4-11(15)6-12/h2-6H,7,16H2,1H3. The molecule has 0 amide bonds. The lowest BCUT2D eigenvalue weighted by Gasteiger charge is -2.08. The number of hydrogen-bond acceptors (Lipinski definition) is 3. The van der Waals surface area contributed by atoms with Gasteiger partial charge in [-0.1, -0.05) is 23.2 Å². The molecule has 1 heterocycles. The van der Waals surface area contributed by atoms with Gasteiger partial charge in [0.1, 0.15) is 5.75 Å². The summed E-state index contributed by atoms with van der Waals surface area (Å²) in [5.41, 5.74) is 7.42. The van der Waals surface area contributed by atoms with E-state index in [0.29, 0.717) is 28.2 Å². The minimum Gasteiger partial charge on any atom is -0.439 e. The number of aryl methyl sites for hydroxylation is 1. The van der Waals surface area contributed by atoms with Crippen molar-refractivity contribution >= 4 is 23.2 Å². The molecule has 0 radical (unpaired) electrons. The highest BCUT2D eigenvalue weighted by Crippen LogP contribution is 2.28. The minimum atomic E-state index is 0.440. The Bertz CT molecular complexity index is 553. The van der Waals surface area contributed by atoms with E-state index in [0.717, 1.165) is 11.3 Å². The lowest BCUT2D eigenvalue weighted by molar-refractivity contribution is 0.461. The number of nitrogens with two attached hydrogens (primary N) is 1. The zero-order chi connectivity index (χ0) is 13.1. The molecule has 0 fully saturated rings. The predicted octanol–water partition coefficient (Wildman–Crippen LogP) is 3.95. The lowest BCUT2D eigenvalue weighted by atomic mass is 10.2. The first-order valence-electron chi connectivity index (χ1n) is 5.38. The Morgan fingerprint density at radius 1 is 1.11 bits per heavy atom. The number of rotatable bonds is 3. The fourth-order valence-electron chi connectivity index (χ4n) is 1.59. The summed E-state index contributed by atoms with van der Waals surface area (Å²) >= 11 is 11.8. The van der Waals surface area contributed by atoms with Crippen molar-refractivity contribution in [2.75, 3.05) is 0 Å². The van der Waals surface area contributed by atoms with Crippen LogP contribution in [0.15, 0.2) is 30.3 Å². The van der Waals surface area contributed by atoms with Gasteiger partial charge in [0.25, 0.3) is 0 Å². The molecule has 0 aliphatic carbocycles. The van der Waals surface area contributed by atoms with E-state index >= 15 is 0 Å². The number of nitrogens with zero attached hydrogens (tertiary/aromatic N) is 1. The molecule has 0 saturated heterocycles. The normalized spacial score (nSPS) is 10.4. The molecule has 0 saturated carbocycles. The second-order valence-electron chi connectivity index (χ2n) is 3.87. The Balaban J connectivity index is 2.30. The van der Waals surface area contributed by atoms with E-state index in [-0.39, 0.29) is 0 Å². The zero-order valence-electron chi connectivity index (χ0n) is 9.78. The first kappa shape index (κ1) is 13.1. The fourth-order valence-corrected chi connectivity index (χ4v) is 2.09. The molecule has 18 heavy (non-hydrogen) atoms. The monoisotopic (exact) mass is 282 g/mol. The van der Waals surface area contributed by atoms with Gasteiger partial charge in [0.15, 0.2) is 0 Å². The van der Waals surface area contributed by atoms with Crippen molar-refractivity contribution in [2.45, 2.75) is 13.5 Å². The number of benzene rings is 1. The van der Waals surface area contributed by atoms with Gasteiger partial charge >= 0.3 is 0 Å². The van der Waals surface area contributed by atoms with Crippen LogP contribution < -0.4 is 10.5 Å². The predicted molar refractivity (Wildman–Crippen MR) is 73.4 cm³/mol. The maximum Gasteiger partial charge on any atom is 0.219 e. The minimum absolute atomic E-state index is 0.440. The van der Waals surface area contributed by atoms with Crippen LogP contribution in [0.5, 0.6) is 11.6 Å². The third-order valence-corrected chi connectivity index (χ3v) is 2.72. The number of pyridine rings is 1. The largest absolute Gasteiger partial charge is 0.439 e. The van der Waals surface area contributed by atoms with Crippen molar-refractivity contribution < 1.29 is 4.74 Å². The van der Waals surface area contributed by atoms with Gasteiger partial charge in [-0.15, -0.1) is 0 Å². The average Bonchev–Trinajstić information content (AvgIpc) is 2.26. The van der Waals surface area contributed by atoms with E-state index in [1.165, 1.54) is 0 Å². The maximum atomic E-state index is 5.90. The summed E-state index contributed by atoms with van der Waals surface area (Å²) in [6.45, 7) is 2.33. The molecule has 0 spiro atoms. The Kier molecular flexibility index (Phi) is 4.07. The van der Waals surface area contributed by atoms with Crippen LogP contribution in [0.4, 0.5) is 0 Å². The quantitative estimate of drug-likeness (QED) is 0.927.